The molecule has 0 bridgehead atoms. The van der Waals surface area contributed by atoms with Crippen molar-refractivity contribution in [2.24, 2.45) is 23.5 Å². The van der Waals surface area contributed by atoms with Gasteiger partial charge in [-0.05, 0) is 37.2 Å². The maximum absolute atomic E-state index is 13.4. The molecule has 0 radical (unpaired) electrons. The molecule has 252 valence electrons. The molecule has 2 aromatic rings. The van der Waals surface area contributed by atoms with Crippen molar-refractivity contribution < 1.29 is 28.7 Å². The molecule has 1 aromatic carbocycles. The van der Waals surface area contributed by atoms with Crippen LogP contribution in [0.4, 0.5) is 0 Å². The SMILES string of the molecule is CCOC(=O)[C@@H](C)C[C@H](Cc1ccccc1)NC(=O)c1csc([C@@H](C[C@H](C(C)C)N(C)C(=O)[C@@H](N)[C@@H](C)CC)OC(C)=O)n1.Cl. The van der Waals surface area contributed by atoms with Crippen LogP contribution < -0.4 is 11.1 Å². The second kappa shape index (κ2) is 19.5. The molecule has 10 nitrogen and oxygen atoms in total. The summed E-state index contributed by atoms with van der Waals surface area (Å²) < 4.78 is 10.9. The molecule has 3 N–H and O–H groups in total. The van der Waals surface area contributed by atoms with Crippen LogP contribution in [-0.4, -0.2) is 65.4 Å². The van der Waals surface area contributed by atoms with Crippen molar-refractivity contribution in [3.63, 3.8) is 0 Å². The maximum atomic E-state index is 13.4. The summed E-state index contributed by atoms with van der Waals surface area (Å²) in [5.74, 6) is -1.71. The van der Waals surface area contributed by atoms with E-state index < -0.39 is 29.9 Å². The molecule has 0 aliphatic heterocycles. The zero-order valence-corrected chi connectivity index (χ0v) is 29.4. The number of likely N-dealkylation sites (N-methyl/N-ethyl adjacent to an activating group) is 1. The second-order valence-corrected chi connectivity index (χ2v) is 12.7. The highest BCUT2D eigenvalue weighted by molar-refractivity contribution is 7.09. The summed E-state index contributed by atoms with van der Waals surface area (Å²) in [6.45, 7) is 13.1. The Labute approximate surface area is 278 Å². The average Bonchev–Trinajstić information content (AvgIpc) is 3.48. The Balaban J connectivity index is 0.0000101. The summed E-state index contributed by atoms with van der Waals surface area (Å²) in [5.41, 5.74) is 7.47. The zero-order valence-electron chi connectivity index (χ0n) is 27.8. The van der Waals surface area contributed by atoms with Gasteiger partial charge in [-0.25, -0.2) is 4.98 Å². The number of nitrogens with two attached hydrogens (primary N) is 1. The molecule has 0 aliphatic carbocycles. The van der Waals surface area contributed by atoms with E-state index >= 15 is 0 Å². The first-order valence-electron chi connectivity index (χ1n) is 15.4. The molecule has 0 saturated heterocycles. The van der Waals surface area contributed by atoms with E-state index in [1.807, 2.05) is 58.0 Å². The van der Waals surface area contributed by atoms with E-state index in [4.69, 9.17) is 15.2 Å². The topological polar surface area (TPSA) is 141 Å². The van der Waals surface area contributed by atoms with Gasteiger partial charge in [0.2, 0.25) is 5.91 Å². The van der Waals surface area contributed by atoms with Crippen LogP contribution in [0.2, 0.25) is 0 Å². The average molecular weight is 667 g/mol. The fourth-order valence-corrected chi connectivity index (χ4v) is 5.93. The second-order valence-electron chi connectivity index (χ2n) is 11.8. The van der Waals surface area contributed by atoms with Gasteiger partial charge in [0.1, 0.15) is 10.7 Å². The van der Waals surface area contributed by atoms with E-state index in [1.54, 1.807) is 31.2 Å². The fourth-order valence-electron chi connectivity index (χ4n) is 5.09. The monoisotopic (exact) mass is 666 g/mol. The summed E-state index contributed by atoms with van der Waals surface area (Å²) in [6, 6.07) is 8.46. The Morgan fingerprint density at radius 1 is 1.04 bits per heavy atom. The lowest BCUT2D eigenvalue weighted by Gasteiger charge is -2.35. The quantitative estimate of drug-likeness (QED) is 0.216. The van der Waals surface area contributed by atoms with Gasteiger partial charge in [-0.1, -0.05) is 71.4 Å². The lowest BCUT2D eigenvalue weighted by atomic mass is 9.93. The number of nitrogens with zero attached hydrogens (tertiary/aromatic N) is 2. The largest absolute Gasteiger partial charge is 0.466 e. The number of hydrogen-bond acceptors (Lipinski definition) is 9. The number of amides is 2. The number of thiazole rings is 1. The van der Waals surface area contributed by atoms with Crippen LogP contribution in [0.5, 0.6) is 0 Å². The third kappa shape index (κ3) is 12.4. The predicted octanol–water partition coefficient (Wildman–Crippen LogP) is 5.35. The van der Waals surface area contributed by atoms with Crippen molar-refractivity contribution in [3.05, 3.63) is 52.0 Å². The molecule has 1 aromatic heterocycles. The molecule has 0 unspecified atom stereocenters. The van der Waals surface area contributed by atoms with Gasteiger partial charge in [0.05, 0.1) is 18.6 Å². The third-order valence-electron chi connectivity index (χ3n) is 7.94. The summed E-state index contributed by atoms with van der Waals surface area (Å²) in [4.78, 5) is 57.3. The van der Waals surface area contributed by atoms with Crippen LogP contribution in [0, 0.1) is 17.8 Å². The van der Waals surface area contributed by atoms with E-state index in [2.05, 4.69) is 10.3 Å². The van der Waals surface area contributed by atoms with Crippen LogP contribution >= 0.6 is 23.7 Å². The lowest BCUT2D eigenvalue weighted by Crippen LogP contribution is -2.51. The van der Waals surface area contributed by atoms with Gasteiger partial charge in [-0.15, -0.1) is 23.7 Å². The van der Waals surface area contributed by atoms with Gasteiger partial charge >= 0.3 is 11.9 Å². The normalized spacial score (nSPS) is 15.1. The smallest absolute Gasteiger partial charge is 0.308 e. The van der Waals surface area contributed by atoms with E-state index in [0.29, 0.717) is 24.3 Å². The van der Waals surface area contributed by atoms with Crippen LogP contribution in [0.25, 0.3) is 0 Å². The van der Waals surface area contributed by atoms with Crippen molar-refractivity contribution in [1.82, 2.24) is 15.2 Å². The molecule has 0 aliphatic rings. The number of esters is 2. The number of aromatic nitrogens is 1. The molecule has 12 heteroatoms. The highest BCUT2D eigenvalue weighted by atomic mass is 35.5. The molecule has 6 atom stereocenters. The Bertz CT molecular complexity index is 1230. The lowest BCUT2D eigenvalue weighted by molar-refractivity contribution is -0.149. The van der Waals surface area contributed by atoms with Crippen molar-refractivity contribution in [2.75, 3.05) is 13.7 Å². The molecular weight excluding hydrogens is 616 g/mol. The number of benzene rings is 1. The number of nitrogens with one attached hydrogen (secondary N) is 1. The third-order valence-corrected chi connectivity index (χ3v) is 8.87. The highest BCUT2D eigenvalue weighted by Gasteiger charge is 2.33. The minimum atomic E-state index is -0.759. The minimum Gasteiger partial charge on any atom is -0.466 e. The van der Waals surface area contributed by atoms with Crippen molar-refractivity contribution in [1.29, 1.82) is 0 Å². The molecule has 45 heavy (non-hydrogen) atoms. The van der Waals surface area contributed by atoms with E-state index in [0.717, 1.165) is 12.0 Å². The van der Waals surface area contributed by atoms with Crippen LogP contribution in [0.1, 0.15) is 94.9 Å². The first-order valence-corrected chi connectivity index (χ1v) is 16.3. The highest BCUT2D eigenvalue weighted by Crippen LogP contribution is 2.31. The van der Waals surface area contributed by atoms with Gasteiger partial charge in [0.25, 0.3) is 5.91 Å². The molecule has 0 spiro atoms. The maximum Gasteiger partial charge on any atom is 0.308 e. The Kier molecular flexibility index (Phi) is 17.3. The summed E-state index contributed by atoms with van der Waals surface area (Å²) in [6.07, 6.45) is 1.24. The number of halogens is 1. The number of rotatable bonds is 17. The van der Waals surface area contributed by atoms with Crippen LogP contribution in [0.3, 0.4) is 0 Å². The van der Waals surface area contributed by atoms with Crippen LogP contribution in [0.15, 0.2) is 35.7 Å². The fraction of sp³-hybridized carbons (Fsp3) is 0.606. The summed E-state index contributed by atoms with van der Waals surface area (Å²) in [7, 11) is 1.73. The molecular formula is C33H51ClN4O6S. The minimum absolute atomic E-state index is 0. The van der Waals surface area contributed by atoms with Gasteiger partial charge in [-0.3, -0.25) is 19.2 Å². The van der Waals surface area contributed by atoms with E-state index in [1.165, 1.54) is 18.3 Å². The first-order chi connectivity index (χ1) is 20.8. The standard InChI is InChI=1S/C33H50N4O6S.ClH/c1-9-21(5)29(34)32(40)37(8)27(20(3)4)18-28(43-23(7)38)31-36-26(19-44-31)30(39)35-25(16-22(6)33(41)42-10-2)17-24-14-12-11-13-15-24;/h11-15,19-22,25,27-29H,9-10,16-18,34H2,1-8H3,(H,35,39);1H/t21-,22-,25+,27+,28+,29-;/m0./s1. The summed E-state index contributed by atoms with van der Waals surface area (Å²) >= 11 is 1.22. The predicted molar refractivity (Wildman–Crippen MR) is 179 cm³/mol. The van der Waals surface area contributed by atoms with Gasteiger partial charge < -0.3 is 25.4 Å². The van der Waals surface area contributed by atoms with Crippen molar-refractivity contribution >= 4 is 47.5 Å². The van der Waals surface area contributed by atoms with Gasteiger partial charge in [0, 0.05) is 37.9 Å². The zero-order chi connectivity index (χ0) is 33.0. The molecule has 0 fully saturated rings. The number of carbonyl (C=O) groups excluding carboxylic acids is 4. The van der Waals surface area contributed by atoms with Crippen molar-refractivity contribution in [3.8, 4) is 0 Å². The molecule has 1 heterocycles. The van der Waals surface area contributed by atoms with E-state index in [-0.39, 0.29) is 60.5 Å². The Hall–Kier alpha value is -3.02. The molecule has 2 amide bonds. The molecule has 2 rings (SSSR count). The Morgan fingerprint density at radius 2 is 1.69 bits per heavy atom. The van der Waals surface area contributed by atoms with E-state index in [9.17, 15) is 19.2 Å². The Morgan fingerprint density at radius 3 is 2.24 bits per heavy atom. The first kappa shape index (κ1) is 40.0. The van der Waals surface area contributed by atoms with Crippen molar-refractivity contribution in [2.45, 2.75) is 98.4 Å². The van der Waals surface area contributed by atoms with Gasteiger partial charge in [0.15, 0.2) is 6.10 Å². The number of carbonyl (C=O) groups is 4. The molecule has 0 saturated carbocycles. The van der Waals surface area contributed by atoms with Crippen LogP contribution in [-0.2, 0) is 30.3 Å². The number of hydrogen-bond donors (Lipinski definition) is 2. The van der Waals surface area contributed by atoms with Gasteiger partial charge in [-0.2, -0.15) is 0 Å². The summed E-state index contributed by atoms with van der Waals surface area (Å²) in [5, 5.41) is 5.14. The number of ether oxygens (including phenoxy) is 2.